The molecule has 2 aromatic rings. The van der Waals surface area contributed by atoms with Gasteiger partial charge in [-0.1, -0.05) is 12.1 Å². The van der Waals surface area contributed by atoms with Crippen LogP contribution in [0.5, 0.6) is 5.75 Å². The Balaban J connectivity index is 2.18. The number of ether oxygens (including phenoxy) is 1. The summed E-state index contributed by atoms with van der Waals surface area (Å²) in [4.78, 5) is 0. The first-order valence-electron chi connectivity index (χ1n) is 5.76. The lowest BCUT2D eigenvalue weighted by atomic mass is 10.1. The van der Waals surface area contributed by atoms with Crippen LogP contribution in [-0.4, -0.2) is 13.7 Å². The molecule has 0 aliphatic carbocycles. The van der Waals surface area contributed by atoms with Crippen molar-refractivity contribution >= 4 is 0 Å². The minimum atomic E-state index is 0.690. The summed E-state index contributed by atoms with van der Waals surface area (Å²) in [5.74, 6) is 2.69. The average molecular weight is 231 g/mol. The lowest BCUT2D eigenvalue weighted by Gasteiger charge is -2.01. The molecule has 0 saturated heterocycles. The molecule has 1 aromatic carbocycles. The standard InChI is InChI=1S/C14H17NO2/c1-16-13-5-2-4-11(10-13)14-8-7-12(17-14)6-3-9-15/h2,4-5,7-8,10H,3,6,9,15H2,1H3. The largest absolute Gasteiger partial charge is 0.497 e. The predicted molar refractivity (Wildman–Crippen MR) is 68.1 cm³/mol. The lowest BCUT2D eigenvalue weighted by molar-refractivity contribution is 0.414. The SMILES string of the molecule is COc1cccc(-c2ccc(CCCN)o2)c1. The van der Waals surface area contributed by atoms with Gasteiger partial charge >= 0.3 is 0 Å². The monoisotopic (exact) mass is 231 g/mol. The van der Waals surface area contributed by atoms with Gasteiger partial charge in [0.05, 0.1) is 7.11 Å². The molecule has 17 heavy (non-hydrogen) atoms. The van der Waals surface area contributed by atoms with Crippen molar-refractivity contribution in [3.05, 3.63) is 42.2 Å². The van der Waals surface area contributed by atoms with Crippen molar-refractivity contribution in [2.75, 3.05) is 13.7 Å². The molecule has 0 bridgehead atoms. The van der Waals surface area contributed by atoms with Crippen LogP contribution in [0.4, 0.5) is 0 Å². The quantitative estimate of drug-likeness (QED) is 0.860. The third-order valence-corrected chi connectivity index (χ3v) is 2.64. The van der Waals surface area contributed by atoms with E-state index in [0.717, 1.165) is 35.7 Å². The number of aryl methyl sites for hydroxylation is 1. The molecule has 2 rings (SSSR count). The molecule has 0 unspecified atom stereocenters. The van der Waals surface area contributed by atoms with Crippen LogP contribution in [0, 0.1) is 0 Å². The molecule has 1 aromatic heterocycles. The van der Waals surface area contributed by atoms with Gasteiger partial charge in [0.25, 0.3) is 0 Å². The highest BCUT2D eigenvalue weighted by molar-refractivity contribution is 5.59. The highest BCUT2D eigenvalue weighted by Gasteiger charge is 2.05. The predicted octanol–water partition coefficient (Wildman–Crippen LogP) is 2.85. The van der Waals surface area contributed by atoms with Crippen molar-refractivity contribution in [1.82, 2.24) is 0 Å². The Bertz CT molecular complexity index is 477. The summed E-state index contributed by atoms with van der Waals surface area (Å²) in [6.07, 6.45) is 1.84. The van der Waals surface area contributed by atoms with E-state index in [-0.39, 0.29) is 0 Å². The van der Waals surface area contributed by atoms with Crippen LogP contribution in [0.25, 0.3) is 11.3 Å². The molecule has 0 aliphatic heterocycles. The Morgan fingerprint density at radius 2 is 2.12 bits per heavy atom. The maximum atomic E-state index is 5.76. The lowest BCUT2D eigenvalue weighted by Crippen LogP contribution is -1.99. The van der Waals surface area contributed by atoms with Crippen LogP contribution >= 0.6 is 0 Å². The molecular formula is C14H17NO2. The van der Waals surface area contributed by atoms with E-state index < -0.39 is 0 Å². The van der Waals surface area contributed by atoms with Crippen molar-refractivity contribution < 1.29 is 9.15 Å². The fourth-order valence-corrected chi connectivity index (χ4v) is 1.72. The van der Waals surface area contributed by atoms with E-state index in [9.17, 15) is 0 Å². The zero-order chi connectivity index (χ0) is 12.1. The summed E-state index contributed by atoms with van der Waals surface area (Å²) in [5.41, 5.74) is 6.50. The second-order valence-corrected chi connectivity index (χ2v) is 3.89. The third kappa shape index (κ3) is 2.88. The van der Waals surface area contributed by atoms with E-state index in [4.69, 9.17) is 14.9 Å². The van der Waals surface area contributed by atoms with Gasteiger partial charge in [-0.2, -0.15) is 0 Å². The summed E-state index contributed by atoms with van der Waals surface area (Å²) in [6, 6.07) is 11.8. The van der Waals surface area contributed by atoms with Gasteiger partial charge < -0.3 is 14.9 Å². The molecule has 0 amide bonds. The molecule has 90 valence electrons. The fourth-order valence-electron chi connectivity index (χ4n) is 1.72. The van der Waals surface area contributed by atoms with E-state index in [1.165, 1.54) is 0 Å². The minimum Gasteiger partial charge on any atom is -0.497 e. The number of rotatable bonds is 5. The van der Waals surface area contributed by atoms with E-state index in [1.807, 2.05) is 36.4 Å². The Kier molecular flexibility index (Phi) is 3.83. The van der Waals surface area contributed by atoms with E-state index in [0.29, 0.717) is 6.54 Å². The van der Waals surface area contributed by atoms with Gasteiger partial charge in [0.15, 0.2) is 0 Å². The summed E-state index contributed by atoms with van der Waals surface area (Å²) in [5, 5.41) is 0. The molecule has 0 spiro atoms. The molecule has 0 aliphatic rings. The van der Waals surface area contributed by atoms with Crippen molar-refractivity contribution in [2.24, 2.45) is 5.73 Å². The maximum absolute atomic E-state index is 5.76. The number of methoxy groups -OCH3 is 1. The second-order valence-electron chi connectivity index (χ2n) is 3.89. The molecule has 0 saturated carbocycles. The zero-order valence-electron chi connectivity index (χ0n) is 9.98. The third-order valence-electron chi connectivity index (χ3n) is 2.64. The summed E-state index contributed by atoms with van der Waals surface area (Å²) >= 11 is 0. The minimum absolute atomic E-state index is 0.690. The van der Waals surface area contributed by atoms with Crippen molar-refractivity contribution in [3.63, 3.8) is 0 Å². The van der Waals surface area contributed by atoms with Crippen LogP contribution < -0.4 is 10.5 Å². The topological polar surface area (TPSA) is 48.4 Å². The first-order chi connectivity index (χ1) is 8.33. The molecular weight excluding hydrogens is 214 g/mol. The first-order valence-corrected chi connectivity index (χ1v) is 5.76. The van der Waals surface area contributed by atoms with Gasteiger partial charge in [-0.05, 0) is 37.2 Å². The number of benzene rings is 1. The van der Waals surface area contributed by atoms with Crippen molar-refractivity contribution in [2.45, 2.75) is 12.8 Å². The highest BCUT2D eigenvalue weighted by Crippen LogP contribution is 2.25. The molecule has 0 atom stereocenters. The Labute approximate surface area is 101 Å². The Morgan fingerprint density at radius 3 is 2.88 bits per heavy atom. The summed E-state index contributed by atoms with van der Waals surface area (Å²) in [7, 11) is 1.66. The van der Waals surface area contributed by atoms with Gasteiger partial charge in [-0.25, -0.2) is 0 Å². The Morgan fingerprint density at radius 1 is 1.24 bits per heavy atom. The van der Waals surface area contributed by atoms with Gasteiger partial charge in [0, 0.05) is 12.0 Å². The van der Waals surface area contributed by atoms with Crippen molar-refractivity contribution in [3.8, 4) is 17.1 Å². The molecule has 3 nitrogen and oxygen atoms in total. The second kappa shape index (κ2) is 5.55. The zero-order valence-corrected chi connectivity index (χ0v) is 9.98. The molecule has 0 radical (unpaired) electrons. The van der Waals surface area contributed by atoms with Gasteiger partial charge in [0.1, 0.15) is 17.3 Å². The number of hydrogen-bond acceptors (Lipinski definition) is 3. The molecule has 1 heterocycles. The van der Waals surface area contributed by atoms with E-state index >= 15 is 0 Å². The fraction of sp³-hybridized carbons (Fsp3) is 0.286. The van der Waals surface area contributed by atoms with E-state index in [1.54, 1.807) is 7.11 Å². The molecule has 0 fully saturated rings. The Hall–Kier alpha value is -1.74. The molecule has 3 heteroatoms. The van der Waals surface area contributed by atoms with Crippen LogP contribution in [0.2, 0.25) is 0 Å². The maximum Gasteiger partial charge on any atom is 0.134 e. The van der Waals surface area contributed by atoms with Crippen LogP contribution in [0.3, 0.4) is 0 Å². The molecule has 2 N–H and O–H groups in total. The van der Waals surface area contributed by atoms with Gasteiger partial charge in [0.2, 0.25) is 0 Å². The van der Waals surface area contributed by atoms with Crippen LogP contribution in [0.15, 0.2) is 40.8 Å². The van der Waals surface area contributed by atoms with Gasteiger partial charge in [-0.15, -0.1) is 0 Å². The smallest absolute Gasteiger partial charge is 0.134 e. The number of furan rings is 1. The van der Waals surface area contributed by atoms with Gasteiger partial charge in [-0.3, -0.25) is 0 Å². The van der Waals surface area contributed by atoms with Crippen LogP contribution in [0.1, 0.15) is 12.2 Å². The summed E-state index contributed by atoms with van der Waals surface area (Å²) < 4.78 is 10.9. The summed E-state index contributed by atoms with van der Waals surface area (Å²) in [6.45, 7) is 0.690. The number of nitrogens with two attached hydrogens (primary N) is 1. The van der Waals surface area contributed by atoms with E-state index in [2.05, 4.69) is 0 Å². The highest BCUT2D eigenvalue weighted by atomic mass is 16.5. The first kappa shape index (κ1) is 11.7. The van der Waals surface area contributed by atoms with Crippen LogP contribution in [-0.2, 0) is 6.42 Å². The number of hydrogen-bond donors (Lipinski definition) is 1. The average Bonchev–Trinajstić information content (AvgIpc) is 2.85. The normalized spacial score (nSPS) is 10.5. The van der Waals surface area contributed by atoms with Crippen molar-refractivity contribution in [1.29, 1.82) is 0 Å².